The van der Waals surface area contributed by atoms with Crippen molar-refractivity contribution in [2.75, 3.05) is 24.9 Å². The number of halogens is 1. The quantitative estimate of drug-likeness (QED) is 0.507. The molecule has 0 fully saturated rings. The molecule has 0 saturated heterocycles. The summed E-state index contributed by atoms with van der Waals surface area (Å²) < 4.78 is 10.7. The number of hydrogen-bond donors (Lipinski definition) is 2. The predicted octanol–water partition coefficient (Wildman–Crippen LogP) is 5.25. The summed E-state index contributed by atoms with van der Waals surface area (Å²) in [6, 6.07) is 9.46. The third kappa shape index (κ3) is 5.30. The number of nitrogens with one attached hydrogen (secondary N) is 2. The number of nitrogens with zero attached hydrogens (tertiary/aromatic N) is 2. The van der Waals surface area contributed by atoms with Gasteiger partial charge in [-0.25, -0.2) is 9.97 Å². The van der Waals surface area contributed by atoms with Crippen molar-refractivity contribution in [3.05, 3.63) is 42.2 Å². The van der Waals surface area contributed by atoms with Gasteiger partial charge in [0.1, 0.15) is 12.1 Å². The van der Waals surface area contributed by atoms with E-state index in [0.717, 1.165) is 40.7 Å². The maximum absolute atomic E-state index is 12.0. The Morgan fingerprint density at radius 2 is 1.80 bits per heavy atom. The minimum absolute atomic E-state index is 0. The molecule has 1 aromatic heterocycles. The topological polar surface area (TPSA) is 85.4 Å². The third-order valence-electron chi connectivity index (χ3n) is 4.66. The molecule has 0 saturated carbocycles. The fourth-order valence-corrected chi connectivity index (χ4v) is 3.05. The van der Waals surface area contributed by atoms with E-state index in [4.69, 9.17) is 9.47 Å². The van der Waals surface area contributed by atoms with Gasteiger partial charge in [-0.05, 0) is 43.2 Å². The highest BCUT2D eigenvalue weighted by molar-refractivity contribution is 5.94. The van der Waals surface area contributed by atoms with E-state index < -0.39 is 0 Å². The second-order valence-corrected chi connectivity index (χ2v) is 6.75. The number of aromatic nitrogens is 2. The van der Waals surface area contributed by atoms with Gasteiger partial charge < -0.3 is 20.1 Å². The number of methoxy groups -OCH3 is 2. The molecule has 30 heavy (non-hydrogen) atoms. The van der Waals surface area contributed by atoms with E-state index in [-0.39, 0.29) is 18.3 Å². The lowest BCUT2D eigenvalue weighted by atomic mass is 10.1. The van der Waals surface area contributed by atoms with E-state index in [1.54, 1.807) is 14.2 Å². The van der Waals surface area contributed by atoms with Crippen LogP contribution in [0.1, 0.15) is 31.7 Å². The van der Waals surface area contributed by atoms with E-state index in [9.17, 15) is 4.79 Å². The highest BCUT2D eigenvalue weighted by Gasteiger charge is 2.12. The van der Waals surface area contributed by atoms with Gasteiger partial charge in [-0.2, -0.15) is 0 Å². The number of rotatable bonds is 8. The Balaban J connectivity index is 0.00000320. The van der Waals surface area contributed by atoms with E-state index >= 15 is 0 Å². The predicted molar refractivity (Wildman–Crippen MR) is 123 cm³/mol. The second kappa shape index (κ2) is 10.6. The van der Waals surface area contributed by atoms with Gasteiger partial charge in [-0.15, -0.1) is 12.4 Å². The molecule has 0 aliphatic carbocycles. The first kappa shape index (κ1) is 23.2. The summed E-state index contributed by atoms with van der Waals surface area (Å²) in [4.78, 5) is 20.7. The number of fused-ring (bicyclic) bond motifs is 1. The van der Waals surface area contributed by atoms with Crippen LogP contribution in [-0.4, -0.2) is 30.1 Å². The van der Waals surface area contributed by atoms with Gasteiger partial charge in [0.05, 0.1) is 19.7 Å². The summed E-state index contributed by atoms with van der Waals surface area (Å²) >= 11 is 0. The summed E-state index contributed by atoms with van der Waals surface area (Å²) in [6.07, 6.45) is 3.93. The Bertz CT molecular complexity index is 1030. The average Bonchev–Trinajstić information content (AvgIpc) is 2.73. The molecule has 0 unspecified atom stereocenters. The molecule has 0 spiro atoms. The molecule has 0 bridgehead atoms. The number of carbonyl (C=O) groups excluding carboxylic acids is 1. The standard InChI is InChI=1S/C22H26N4O3.ClH/c1-5-6-7-21(27)26-17-9-8-15(10-14(17)2)25-22-16-11-19(28-3)20(29-4)12-18(16)23-13-24-22;/h8-13H,5-7H2,1-4H3,(H,26,27)(H,23,24,25);1H. The van der Waals surface area contributed by atoms with Gasteiger partial charge in [-0.1, -0.05) is 13.3 Å². The molecule has 8 heteroatoms. The molecular weight excluding hydrogens is 404 g/mol. The zero-order valence-electron chi connectivity index (χ0n) is 17.6. The van der Waals surface area contributed by atoms with Crippen LogP contribution < -0.4 is 20.1 Å². The fraction of sp³-hybridized carbons (Fsp3) is 0.318. The van der Waals surface area contributed by atoms with Crippen LogP contribution in [0.2, 0.25) is 0 Å². The Morgan fingerprint density at radius 1 is 1.07 bits per heavy atom. The Kier molecular flexibility index (Phi) is 8.24. The summed E-state index contributed by atoms with van der Waals surface area (Å²) in [6.45, 7) is 4.04. The van der Waals surface area contributed by atoms with Crippen LogP contribution in [0.3, 0.4) is 0 Å². The first-order valence-electron chi connectivity index (χ1n) is 9.60. The molecule has 1 amide bonds. The minimum atomic E-state index is 0. The molecule has 3 aromatic rings. The monoisotopic (exact) mass is 430 g/mol. The number of ether oxygens (including phenoxy) is 2. The molecule has 3 rings (SSSR count). The Labute approximate surface area is 182 Å². The third-order valence-corrected chi connectivity index (χ3v) is 4.66. The van der Waals surface area contributed by atoms with Crippen LogP contribution >= 0.6 is 12.4 Å². The zero-order valence-corrected chi connectivity index (χ0v) is 18.4. The van der Waals surface area contributed by atoms with E-state index in [1.807, 2.05) is 37.3 Å². The van der Waals surface area contributed by atoms with Crippen LogP contribution in [-0.2, 0) is 4.79 Å². The van der Waals surface area contributed by atoms with Crippen molar-refractivity contribution in [2.24, 2.45) is 0 Å². The van der Waals surface area contributed by atoms with Gasteiger partial charge in [0.2, 0.25) is 5.91 Å². The maximum atomic E-state index is 12.0. The molecule has 0 aliphatic rings. The molecule has 2 aromatic carbocycles. The Morgan fingerprint density at radius 3 is 2.47 bits per heavy atom. The summed E-state index contributed by atoms with van der Waals surface area (Å²) in [5, 5.41) is 7.12. The van der Waals surface area contributed by atoms with Crippen LogP contribution in [0, 0.1) is 6.92 Å². The van der Waals surface area contributed by atoms with Crippen LogP contribution in [0.5, 0.6) is 11.5 Å². The molecule has 0 aliphatic heterocycles. The van der Waals surface area contributed by atoms with Gasteiger partial charge >= 0.3 is 0 Å². The average molecular weight is 431 g/mol. The number of benzene rings is 2. The highest BCUT2D eigenvalue weighted by atomic mass is 35.5. The fourth-order valence-electron chi connectivity index (χ4n) is 3.05. The first-order chi connectivity index (χ1) is 14.0. The summed E-state index contributed by atoms with van der Waals surface area (Å²) in [5.41, 5.74) is 3.40. The molecule has 2 N–H and O–H groups in total. The number of aryl methyl sites for hydroxylation is 1. The first-order valence-corrected chi connectivity index (χ1v) is 9.60. The van der Waals surface area contributed by atoms with Crippen molar-refractivity contribution in [3.63, 3.8) is 0 Å². The van der Waals surface area contributed by atoms with E-state index in [2.05, 4.69) is 27.5 Å². The lowest BCUT2D eigenvalue weighted by molar-refractivity contribution is -0.116. The zero-order chi connectivity index (χ0) is 20.8. The SMILES string of the molecule is CCCCC(=O)Nc1ccc(Nc2ncnc3cc(OC)c(OC)cc23)cc1C.Cl. The van der Waals surface area contributed by atoms with Gasteiger partial charge in [0.15, 0.2) is 11.5 Å². The molecule has 160 valence electrons. The second-order valence-electron chi connectivity index (χ2n) is 6.75. The molecule has 0 atom stereocenters. The minimum Gasteiger partial charge on any atom is -0.493 e. The highest BCUT2D eigenvalue weighted by Crippen LogP contribution is 2.34. The van der Waals surface area contributed by atoms with Crippen LogP contribution in [0.4, 0.5) is 17.2 Å². The van der Waals surface area contributed by atoms with Gasteiger partial charge in [-0.3, -0.25) is 4.79 Å². The normalized spacial score (nSPS) is 10.3. The summed E-state index contributed by atoms with van der Waals surface area (Å²) in [5.74, 6) is 1.93. The molecular formula is C22H27ClN4O3. The summed E-state index contributed by atoms with van der Waals surface area (Å²) in [7, 11) is 3.19. The van der Waals surface area contributed by atoms with Crippen molar-refractivity contribution in [2.45, 2.75) is 33.1 Å². The van der Waals surface area contributed by atoms with Crippen molar-refractivity contribution in [1.82, 2.24) is 9.97 Å². The van der Waals surface area contributed by atoms with Crippen molar-refractivity contribution in [3.8, 4) is 11.5 Å². The molecule has 7 nitrogen and oxygen atoms in total. The smallest absolute Gasteiger partial charge is 0.224 e. The van der Waals surface area contributed by atoms with Gasteiger partial charge in [0.25, 0.3) is 0 Å². The largest absolute Gasteiger partial charge is 0.493 e. The lowest BCUT2D eigenvalue weighted by Crippen LogP contribution is -2.12. The number of anilines is 3. The number of hydrogen-bond acceptors (Lipinski definition) is 6. The lowest BCUT2D eigenvalue weighted by Gasteiger charge is -2.14. The van der Waals surface area contributed by atoms with E-state index in [1.165, 1.54) is 6.33 Å². The molecule has 1 heterocycles. The number of carbonyl (C=O) groups is 1. The maximum Gasteiger partial charge on any atom is 0.224 e. The van der Waals surface area contributed by atoms with E-state index in [0.29, 0.717) is 23.7 Å². The van der Waals surface area contributed by atoms with Crippen molar-refractivity contribution in [1.29, 1.82) is 0 Å². The molecule has 0 radical (unpaired) electrons. The van der Waals surface area contributed by atoms with Crippen molar-refractivity contribution >= 4 is 46.4 Å². The van der Waals surface area contributed by atoms with Crippen LogP contribution in [0.15, 0.2) is 36.7 Å². The number of unbranched alkanes of at least 4 members (excludes halogenated alkanes) is 1. The Hall–Kier alpha value is -3.06. The van der Waals surface area contributed by atoms with Crippen molar-refractivity contribution < 1.29 is 14.3 Å². The number of amides is 1. The van der Waals surface area contributed by atoms with Crippen LogP contribution in [0.25, 0.3) is 10.9 Å². The van der Waals surface area contributed by atoms with Gasteiger partial charge in [0, 0.05) is 29.2 Å².